The number of H-pyrrole nitrogens is 1. The van der Waals surface area contributed by atoms with Gasteiger partial charge in [-0.2, -0.15) is 10.3 Å². The molecule has 0 atom stereocenters. The van der Waals surface area contributed by atoms with E-state index in [0.29, 0.717) is 16.7 Å². The molecule has 0 fully saturated rings. The normalized spacial score (nSPS) is 13.2. The summed E-state index contributed by atoms with van der Waals surface area (Å²) in [6.07, 6.45) is 0. The van der Waals surface area contributed by atoms with Crippen molar-refractivity contribution in [2.24, 2.45) is 0 Å². The number of aromatic hydroxyl groups is 1. The molecule has 3 N–H and O–H groups in total. The van der Waals surface area contributed by atoms with Gasteiger partial charge >= 0.3 is 0 Å². The van der Waals surface area contributed by atoms with Crippen LogP contribution in [0.1, 0.15) is 52.7 Å². The van der Waals surface area contributed by atoms with Crippen LogP contribution >= 0.6 is 0 Å². The molecule has 0 aliphatic heterocycles. The average molecular weight is 382 g/mol. The highest BCUT2D eigenvalue weighted by Gasteiger charge is 2.30. The molecule has 0 saturated heterocycles. The van der Waals surface area contributed by atoms with Gasteiger partial charge in [-0.25, -0.2) is 8.42 Å². The van der Waals surface area contributed by atoms with Crippen molar-refractivity contribution in [3.8, 4) is 17.0 Å². The van der Waals surface area contributed by atoms with Gasteiger partial charge in [0, 0.05) is 16.7 Å². The molecule has 0 bridgehead atoms. The number of nitrogens with zero attached hydrogens (tertiary/aromatic N) is 2. The molecule has 9 heteroatoms. The van der Waals surface area contributed by atoms with Crippen molar-refractivity contribution in [3.63, 3.8) is 0 Å². The Hall–Kier alpha value is -1.97. The van der Waals surface area contributed by atoms with Crippen LogP contribution in [0.5, 0.6) is 5.75 Å². The van der Waals surface area contributed by atoms with Gasteiger partial charge in [0.25, 0.3) is 10.0 Å². The highest BCUT2D eigenvalue weighted by atomic mass is 32.2. The van der Waals surface area contributed by atoms with E-state index in [1.165, 1.54) is 7.11 Å². The topological polar surface area (TPSA) is 117 Å². The number of benzene rings is 1. The van der Waals surface area contributed by atoms with E-state index in [4.69, 9.17) is 0 Å². The fourth-order valence-electron chi connectivity index (χ4n) is 2.66. The maximum absolute atomic E-state index is 12.3. The van der Waals surface area contributed by atoms with Gasteiger partial charge in [-0.1, -0.05) is 46.4 Å². The minimum absolute atomic E-state index is 0.158. The maximum atomic E-state index is 12.3. The molecule has 8 nitrogen and oxygen atoms in total. The summed E-state index contributed by atoms with van der Waals surface area (Å²) in [4.78, 5) is 6.47. The third kappa shape index (κ3) is 3.89. The molecule has 0 radical (unpaired) electrons. The maximum Gasteiger partial charge on any atom is 0.284 e. The lowest BCUT2D eigenvalue weighted by atomic mass is 9.78. The number of sulfonamides is 1. The first-order chi connectivity index (χ1) is 11.8. The highest BCUT2D eigenvalue weighted by molar-refractivity contribution is 7.89. The third-order valence-electron chi connectivity index (χ3n) is 3.96. The largest absolute Gasteiger partial charge is 0.507 e. The fraction of sp³-hybridized carbons (Fsp3) is 0.529. The summed E-state index contributed by atoms with van der Waals surface area (Å²) < 4.78 is 24.6. The fourth-order valence-corrected chi connectivity index (χ4v) is 3.54. The zero-order valence-electron chi connectivity index (χ0n) is 16.1. The highest BCUT2D eigenvalue weighted by Crippen LogP contribution is 2.42. The second-order valence-corrected chi connectivity index (χ2v) is 9.75. The average Bonchev–Trinajstić information content (AvgIpc) is 2.95. The Morgan fingerprint density at radius 1 is 1.04 bits per heavy atom. The van der Waals surface area contributed by atoms with Crippen LogP contribution in [0.25, 0.3) is 11.3 Å². The summed E-state index contributed by atoms with van der Waals surface area (Å²) in [5.74, 6) is 0.205. The van der Waals surface area contributed by atoms with Crippen LogP contribution in [-0.2, 0) is 25.7 Å². The smallest absolute Gasteiger partial charge is 0.284 e. The zero-order chi connectivity index (χ0) is 19.9. The number of phenols is 1. The molecule has 0 aliphatic carbocycles. The lowest BCUT2D eigenvalue weighted by Crippen LogP contribution is -2.23. The predicted octanol–water partition coefficient (Wildman–Crippen LogP) is 2.61. The SMILES string of the molecule is CONS(=O)(=O)c1n[nH]nc1-c1cc(C(C)(C)C)c(O)c(C(C)(C)C)c1. The first-order valence-corrected chi connectivity index (χ1v) is 9.61. The van der Waals surface area contributed by atoms with Crippen molar-refractivity contribution in [3.05, 3.63) is 23.3 Å². The molecule has 144 valence electrons. The molecule has 2 aromatic rings. The van der Waals surface area contributed by atoms with E-state index in [-0.39, 0.29) is 27.3 Å². The second-order valence-electron chi connectivity index (χ2n) is 8.19. The lowest BCUT2D eigenvalue weighted by Gasteiger charge is -2.28. The molecule has 2 rings (SSSR count). The molecule has 1 aromatic heterocycles. The van der Waals surface area contributed by atoms with Crippen molar-refractivity contribution in [2.45, 2.75) is 57.4 Å². The van der Waals surface area contributed by atoms with Gasteiger partial charge in [-0.3, -0.25) is 4.84 Å². The first-order valence-electron chi connectivity index (χ1n) is 8.13. The number of hydrogen-bond acceptors (Lipinski definition) is 6. The molecule has 0 spiro atoms. The van der Waals surface area contributed by atoms with E-state index in [9.17, 15) is 13.5 Å². The molecule has 0 unspecified atom stereocenters. The quantitative estimate of drug-likeness (QED) is 0.700. The van der Waals surface area contributed by atoms with Crippen molar-refractivity contribution < 1.29 is 18.4 Å². The molecule has 0 saturated carbocycles. The summed E-state index contributed by atoms with van der Waals surface area (Å²) in [5.41, 5.74) is 1.40. The Labute approximate surface area is 154 Å². The number of aromatic nitrogens is 3. The van der Waals surface area contributed by atoms with Crippen LogP contribution in [-0.4, -0.2) is 36.0 Å². The summed E-state index contributed by atoms with van der Waals surface area (Å²) in [7, 11) is -2.79. The number of phenolic OH excluding ortho intramolecular Hbond substituents is 1. The van der Waals surface area contributed by atoms with E-state index >= 15 is 0 Å². The zero-order valence-corrected chi connectivity index (χ0v) is 16.9. The van der Waals surface area contributed by atoms with E-state index in [2.05, 4.69) is 20.2 Å². The predicted molar refractivity (Wildman–Crippen MR) is 98.2 cm³/mol. The Kier molecular flexibility index (Phi) is 5.19. The Morgan fingerprint density at radius 3 is 1.96 bits per heavy atom. The summed E-state index contributed by atoms with van der Waals surface area (Å²) in [6.45, 7) is 11.9. The summed E-state index contributed by atoms with van der Waals surface area (Å²) in [5, 5.41) is 20.7. The monoisotopic (exact) mass is 382 g/mol. The second kappa shape index (κ2) is 6.64. The Balaban J connectivity index is 2.79. The Bertz CT molecular complexity index is 871. The van der Waals surface area contributed by atoms with Crippen molar-refractivity contribution in [2.75, 3.05) is 7.11 Å². The van der Waals surface area contributed by atoms with Crippen LogP contribution < -0.4 is 4.89 Å². The van der Waals surface area contributed by atoms with Crippen LogP contribution in [0.4, 0.5) is 0 Å². The van der Waals surface area contributed by atoms with Gasteiger partial charge in [0.2, 0.25) is 5.03 Å². The van der Waals surface area contributed by atoms with Crippen molar-refractivity contribution >= 4 is 10.0 Å². The third-order valence-corrected chi connectivity index (χ3v) is 5.14. The molecule has 1 aromatic carbocycles. The van der Waals surface area contributed by atoms with Crippen LogP contribution in [0, 0.1) is 0 Å². The lowest BCUT2D eigenvalue weighted by molar-refractivity contribution is 0.153. The first kappa shape index (κ1) is 20.3. The van der Waals surface area contributed by atoms with E-state index in [1.54, 1.807) is 12.1 Å². The van der Waals surface area contributed by atoms with Gasteiger partial charge in [0.1, 0.15) is 11.4 Å². The molecule has 26 heavy (non-hydrogen) atoms. The molecule has 1 heterocycles. The molecular formula is C17H26N4O4S. The minimum atomic E-state index is -3.99. The van der Waals surface area contributed by atoms with Gasteiger partial charge in [0.15, 0.2) is 0 Å². The van der Waals surface area contributed by atoms with E-state index in [0.717, 1.165) is 0 Å². The van der Waals surface area contributed by atoms with Crippen molar-refractivity contribution in [1.29, 1.82) is 0 Å². The summed E-state index contributed by atoms with van der Waals surface area (Å²) >= 11 is 0. The number of aromatic amines is 1. The van der Waals surface area contributed by atoms with Gasteiger partial charge < -0.3 is 5.11 Å². The number of nitrogens with one attached hydrogen (secondary N) is 2. The number of rotatable bonds is 4. The number of hydrogen-bond donors (Lipinski definition) is 3. The molecule has 0 aliphatic rings. The van der Waals surface area contributed by atoms with Crippen molar-refractivity contribution in [1.82, 2.24) is 20.3 Å². The summed E-state index contributed by atoms with van der Waals surface area (Å²) in [6, 6.07) is 3.49. The van der Waals surface area contributed by atoms with E-state index in [1.807, 2.05) is 46.4 Å². The van der Waals surface area contributed by atoms with Gasteiger partial charge in [-0.05, 0) is 23.0 Å². The minimum Gasteiger partial charge on any atom is -0.507 e. The van der Waals surface area contributed by atoms with Gasteiger partial charge in [0.05, 0.1) is 7.11 Å². The molecule has 0 amide bonds. The van der Waals surface area contributed by atoms with Crippen LogP contribution in [0.15, 0.2) is 17.2 Å². The van der Waals surface area contributed by atoms with Crippen LogP contribution in [0.3, 0.4) is 0 Å². The Morgan fingerprint density at radius 2 is 1.54 bits per heavy atom. The standard InChI is InChI=1S/C17H26N4O4S/c1-16(2,3)11-8-10(9-12(14(11)22)17(4,5)6)13-15(19-20-18-13)26(23,24)21-25-7/h8-9,21-22H,1-7H3,(H,18,19,20). The van der Waals surface area contributed by atoms with Gasteiger partial charge in [-0.15, -0.1) is 5.10 Å². The van der Waals surface area contributed by atoms with E-state index < -0.39 is 10.0 Å². The van der Waals surface area contributed by atoms with Crippen LogP contribution in [0.2, 0.25) is 0 Å². The molecular weight excluding hydrogens is 356 g/mol.